The summed E-state index contributed by atoms with van der Waals surface area (Å²) >= 11 is 1.73. The van der Waals surface area contributed by atoms with E-state index in [1.807, 2.05) is 31.3 Å². The molecule has 0 aliphatic carbocycles. The van der Waals surface area contributed by atoms with Gasteiger partial charge in [0.15, 0.2) is 0 Å². The van der Waals surface area contributed by atoms with Gasteiger partial charge in [0.1, 0.15) is 5.69 Å². The Morgan fingerprint density at radius 3 is 2.77 bits per heavy atom. The monoisotopic (exact) mass is 313 g/mol. The lowest BCUT2D eigenvalue weighted by atomic mass is 10.2. The molecule has 0 fully saturated rings. The SMILES string of the molecule is CC(c1cccs1)N(C)Cc1nc2ccccc2n(C)c1=O. The summed E-state index contributed by atoms with van der Waals surface area (Å²) in [4.78, 5) is 20.5. The van der Waals surface area contributed by atoms with Gasteiger partial charge in [-0.3, -0.25) is 9.69 Å². The molecule has 1 unspecified atom stereocenters. The number of aromatic nitrogens is 2. The fourth-order valence-corrected chi connectivity index (χ4v) is 3.41. The molecule has 3 aromatic rings. The molecular formula is C17H19N3OS. The number of aryl methyl sites for hydroxylation is 1. The Bertz CT molecular complexity index is 839. The van der Waals surface area contributed by atoms with Crippen molar-refractivity contribution in [1.82, 2.24) is 14.5 Å². The largest absolute Gasteiger partial charge is 0.308 e. The molecule has 2 aromatic heterocycles. The standard InChI is InChI=1S/C17H19N3OS/c1-12(16-9-6-10-22-16)19(2)11-14-17(21)20(3)15-8-5-4-7-13(15)18-14/h4-10,12H,11H2,1-3H3. The summed E-state index contributed by atoms with van der Waals surface area (Å²) in [5.74, 6) is 0. The fourth-order valence-electron chi connectivity index (χ4n) is 2.56. The predicted molar refractivity (Wildman–Crippen MR) is 91.2 cm³/mol. The first-order valence-corrected chi connectivity index (χ1v) is 8.14. The van der Waals surface area contributed by atoms with Crippen LogP contribution >= 0.6 is 11.3 Å². The van der Waals surface area contributed by atoms with E-state index in [9.17, 15) is 4.79 Å². The number of hydrogen-bond acceptors (Lipinski definition) is 4. The number of rotatable bonds is 4. The van der Waals surface area contributed by atoms with Gasteiger partial charge in [-0.15, -0.1) is 11.3 Å². The second-order valence-corrected chi connectivity index (χ2v) is 6.50. The van der Waals surface area contributed by atoms with Gasteiger partial charge in [0, 0.05) is 24.5 Å². The van der Waals surface area contributed by atoms with Crippen LogP contribution in [-0.4, -0.2) is 21.5 Å². The summed E-state index contributed by atoms with van der Waals surface area (Å²) in [6.45, 7) is 2.69. The van der Waals surface area contributed by atoms with E-state index < -0.39 is 0 Å². The Kier molecular flexibility index (Phi) is 4.09. The third kappa shape index (κ3) is 2.69. The number of fused-ring (bicyclic) bond motifs is 1. The van der Waals surface area contributed by atoms with Crippen LogP contribution in [0.3, 0.4) is 0 Å². The van der Waals surface area contributed by atoms with Crippen molar-refractivity contribution in [1.29, 1.82) is 0 Å². The molecule has 0 saturated heterocycles. The average Bonchev–Trinajstić information content (AvgIpc) is 3.06. The van der Waals surface area contributed by atoms with Crippen molar-refractivity contribution in [2.45, 2.75) is 19.5 Å². The Balaban J connectivity index is 1.94. The van der Waals surface area contributed by atoms with Gasteiger partial charge >= 0.3 is 0 Å². The molecule has 0 aliphatic rings. The highest BCUT2D eigenvalue weighted by atomic mass is 32.1. The lowest BCUT2D eigenvalue weighted by molar-refractivity contribution is 0.252. The normalized spacial score (nSPS) is 12.9. The Hall–Kier alpha value is -1.98. The van der Waals surface area contributed by atoms with Gasteiger partial charge in [-0.25, -0.2) is 4.98 Å². The minimum absolute atomic E-state index is 0.0241. The second kappa shape index (κ2) is 6.02. The summed E-state index contributed by atoms with van der Waals surface area (Å²) in [5.41, 5.74) is 2.29. The Morgan fingerprint density at radius 2 is 2.05 bits per heavy atom. The zero-order chi connectivity index (χ0) is 15.7. The second-order valence-electron chi connectivity index (χ2n) is 5.52. The molecular weight excluding hydrogens is 294 g/mol. The number of hydrogen-bond donors (Lipinski definition) is 0. The third-order valence-corrected chi connectivity index (χ3v) is 5.11. The van der Waals surface area contributed by atoms with E-state index in [1.54, 1.807) is 23.0 Å². The van der Waals surface area contributed by atoms with Crippen LogP contribution in [0, 0.1) is 0 Å². The van der Waals surface area contributed by atoms with Crippen molar-refractivity contribution in [2.75, 3.05) is 7.05 Å². The quantitative estimate of drug-likeness (QED) is 0.742. The van der Waals surface area contributed by atoms with Crippen LogP contribution in [0.4, 0.5) is 0 Å². The topological polar surface area (TPSA) is 38.1 Å². The van der Waals surface area contributed by atoms with Crippen molar-refractivity contribution < 1.29 is 0 Å². The van der Waals surface area contributed by atoms with E-state index in [4.69, 9.17) is 0 Å². The molecule has 1 aromatic carbocycles. The zero-order valence-electron chi connectivity index (χ0n) is 13.0. The number of thiophene rings is 1. The van der Waals surface area contributed by atoms with E-state index in [2.05, 4.69) is 34.3 Å². The smallest absolute Gasteiger partial charge is 0.273 e. The van der Waals surface area contributed by atoms with Crippen LogP contribution < -0.4 is 5.56 Å². The van der Waals surface area contributed by atoms with Crippen molar-refractivity contribution in [3.63, 3.8) is 0 Å². The van der Waals surface area contributed by atoms with Crippen LogP contribution in [0.5, 0.6) is 0 Å². The molecule has 0 N–H and O–H groups in total. The van der Waals surface area contributed by atoms with Crippen molar-refractivity contribution in [3.05, 3.63) is 62.7 Å². The third-order valence-electron chi connectivity index (χ3n) is 4.07. The van der Waals surface area contributed by atoms with Gasteiger partial charge in [0.2, 0.25) is 0 Å². The summed E-state index contributed by atoms with van der Waals surface area (Å²) in [6, 6.07) is 12.2. The van der Waals surface area contributed by atoms with E-state index in [-0.39, 0.29) is 11.6 Å². The first kappa shape index (κ1) is 14.9. The van der Waals surface area contributed by atoms with Gasteiger partial charge in [0.25, 0.3) is 5.56 Å². The highest BCUT2D eigenvalue weighted by Crippen LogP contribution is 2.24. The summed E-state index contributed by atoms with van der Waals surface area (Å²) in [5, 5.41) is 2.08. The minimum atomic E-state index is -0.0241. The lowest BCUT2D eigenvalue weighted by Crippen LogP contribution is -2.30. The van der Waals surface area contributed by atoms with Crippen LogP contribution in [0.15, 0.2) is 46.6 Å². The molecule has 0 bridgehead atoms. The van der Waals surface area contributed by atoms with Crippen molar-refractivity contribution >= 4 is 22.4 Å². The van der Waals surface area contributed by atoms with Crippen LogP contribution in [0.1, 0.15) is 23.5 Å². The van der Waals surface area contributed by atoms with Gasteiger partial charge in [-0.1, -0.05) is 18.2 Å². The van der Waals surface area contributed by atoms with E-state index in [1.165, 1.54) is 4.88 Å². The Morgan fingerprint density at radius 1 is 1.27 bits per heavy atom. The molecule has 5 heteroatoms. The summed E-state index contributed by atoms with van der Waals surface area (Å²) < 4.78 is 1.68. The van der Waals surface area contributed by atoms with Crippen molar-refractivity contribution in [3.8, 4) is 0 Å². The van der Waals surface area contributed by atoms with E-state index in [0.29, 0.717) is 12.2 Å². The summed E-state index contributed by atoms with van der Waals surface area (Å²) in [6.07, 6.45) is 0. The predicted octanol–water partition coefficient (Wildman–Crippen LogP) is 3.19. The molecule has 0 spiro atoms. The molecule has 3 rings (SSSR count). The summed E-state index contributed by atoms with van der Waals surface area (Å²) in [7, 11) is 3.83. The van der Waals surface area contributed by atoms with Gasteiger partial charge < -0.3 is 4.57 Å². The average molecular weight is 313 g/mol. The molecule has 0 saturated carbocycles. The molecule has 1 atom stereocenters. The van der Waals surface area contributed by atoms with Gasteiger partial charge in [0.05, 0.1) is 11.0 Å². The van der Waals surface area contributed by atoms with Crippen LogP contribution in [0.25, 0.3) is 11.0 Å². The van der Waals surface area contributed by atoms with E-state index in [0.717, 1.165) is 11.0 Å². The molecule has 0 aliphatic heterocycles. The molecule has 22 heavy (non-hydrogen) atoms. The molecule has 0 radical (unpaired) electrons. The molecule has 4 nitrogen and oxygen atoms in total. The van der Waals surface area contributed by atoms with Crippen molar-refractivity contribution in [2.24, 2.45) is 7.05 Å². The fraction of sp³-hybridized carbons (Fsp3) is 0.294. The van der Waals surface area contributed by atoms with Gasteiger partial charge in [-0.05, 0) is 37.6 Å². The first-order chi connectivity index (χ1) is 10.6. The number of nitrogens with zero attached hydrogens (tertiary/aromatic N) is 3. The Labute approximate surface area is 133 Å². The lowest BCUT2D eigenvalue weighted by Gasteiger charge is -2.23. The maximum Gasteiger partial charge on any atom is 0.273 e. The van der Waals surface area contributed by atoms with E-state index >= 15 is 0 Å². The number of para-hydroxylation sites is 2. The maximum absolute atomic E-state index is 12.5. The number of benzene rings is 1. The first-order valence-electron chi connectivity index (χ1n) is 7.26. The zero-order valence-corrected chi connectivity index (χ0v) is 13.8. The van der Waals surface area contributed by atoms with Crippen LogP contribution in [-0.2, 0) is 13.6 Å². The van der Waals surface area contributed by atoms with Gasteiger partial charge in [-0.2, -0.15) is 0 Å². The minimum Gasteiger partial charge on any atom is -0.308 e. The molecule has 114 valence electrons. The highest BCUT2D eigenvalue weighted by molar-refractivity contribution is 7.10. The molecule has 0 amide bonds. The highest BCUT2D eigenvalue weighted by Gasteiger charge is 2.16. The molecule has 2 heterocycles. The van der Waals surface area contributed by atoms with Crippen LogP contribution in [0.2, 0.25) is 0 Å². The maximum atomic E-state index is 12.5.